The third-order valence-corrected chi connectivity index (χ3v) is 21.6. The number of nitrogens with zero attached hydrogens (tertiary/aromatic N) is 3. The molecule has 0 aliphatic carbocycles. The number of benzene rings is 16. The number of para-hydroxylation sites is 4. The van der Waals surface area contributed by atoms with Gasteiger partial charge in [-0.05, 0) is 164 Å². The molecule has 0 atom stereocenters. The first-order chi connectivity index (χ1) is 48.9. The first kappa shape index (κ1) is 59.3. The van der Waals surface area contributed by atoms with Gasteiger partial charge in [0.15, 0.2) is 0 Å². The van der Waals surface area contributed by atoms with Crippen molar-refractivity contribution in [3.05, 3.63) is 339 Å². The second-order valence-electron chi connectivity index (χ2n) is 29.6. The summed E-state index contributed by atoms with van der Waals surface area (Å²) in [5.41, 5.74) is 30.2. The predicted octanol–water partition coefficient (Wildman–Crippen LogP) is 24.4. The highest BCUT2D eigenvalue weighted by Gasteiger charge is 2.46. The van der Waals surface area contributed by atoms with Crippen LogP contribution < -0.4 is 26.2 Å². The molecular weight excluding hydrogens is 1210 g/mol. The molecule has 0 radical (unpaired) electrons. The molecule has 0 spiro atoms. The van der Waals surface area contributed by atoms with Crippen molar-refractivity contribution >= 4 is 111 Å². The van der Waals surface area contributed by atoms with Crippen molar-refractivity contribution in [2.45, 2.75) is 52.4 Å². The minimum absolute atomic E-state index is 0.0672. The molecule has 100 heavy (non-hydrogen) atoms. The lowest BCUT2D eigenvalue weighted by atomic mass is 9.33. The van der Waals surface area contributed by atoms with Crippen molar-refractivity contribution in [1.29, 1.82) is 0 Å². The molecule has 0 saturated heterocycles. The summed E-state index contributed by atoms with van der Waals surface area (Å²) >= 11 is 0. The lowest BCUT2D eigenvalue weighted by molar-refractivity contribution is 0.591. The topological polar surface area (TPSA) is 11.4 Å². The van der Waals surface area contributed by atoms with Crippen LogP contribution >= 0.6 is 0 Å². The van der Waals surface area contributed by atoms with Gasteiger partial charge in [-0.3, -0.25) is 0 Å². The number of rotatable bonds is 9. The Balaban J connectivity index is 1.01. The molecule has 0 amide bonds. The second kappa shape index (κ2) is 22.8. The molecule has 1 aromatic heterocycles. The maximum Gasteiger partial charge on any atom is 0.252 e. The Bertz CT molecular complexity index is 5930. The van der Waals surface area contributed by atoms with Crippen LogP contribution in [0.1, 0.15) is 52.7 Å². The molecule has 2 aliphatic rings. The molecule has 0 saturated carbocycles. The Morgan fingerprint density at radius 1 is 0.260 bits per heavy atom. The second-order valence-corrected chi connectivity index (χ2v) is 29.6. The van der Waals surface area contributed by atoms with Gasteiger partial charge in [-0.25, -0.2) is 0 Å². The SMILES string of the molecule is CC(C)(C)c1cc2ccc3cc(C(C)(C)C)cc4c(-c5ccc6c(c5)N(c5c(-c7ccccc7)cccc5-c5ccccc5)c5cc(-n7c8ccccc8c8ccccc87)cc7c5B6c5cc(-c6ccccc6)ccc5N7c5c(-c6ccccc6)cccc5-c5ccccc5)cc(c1)c2c34. The van der Waals surface area contributed by atoms with Crippen molar-refractivity contribution in [3.8, 4) is 72.4 Å². The van der Waals surface area contributed by atoms with Crippen LogP contribution in [0.5, 0.6) is 0 Å². The summed E-state index contributed by atoms with van der Waals surface area (Å²) in [4.78, 5) is 5.39. The van der Waals surface area contributed by atoms with Gasteiger partial charge in [0.2, 0.25) is 0 Å². The molecule has 3 nitrogen and oxygen atoms in total. The minimum Gasteiger partial charge on any atom is -0.310 e. The zero-order valence-electron chi connectivity index (χ0n) is 57.1. The lowest BCUT2D eigenvalue weighted by Gasteiger charge is -2.46. The van der Waals surface area contributed by atoms with E-state index in [1.807, 2.05) is 0 Å². The fourth-order valence-corrected chi connectivity index (χ4v) is 16.8. The third-order valence-electron chi connectivity index (χ3n) is 21.6. The zero-order valence-corrected chi connectivity index (χ0v) is 57.1. The smallest absolute Gasteiger partial charge is 0.252 e. The normalized spacial score (nSPS) is 12.8. The van der Waals surface area contributed by atoms with Crippen LogP contribution in [0, 0.1) is 0 Å². The van der Waals surface area contributed by atoms with Crippen molar-refractivity contribution in [2.75, 3.05) is 9.80 Å². The van der Waals surface area contributed by atoms with Gasteiger partial charge in [0.05, 0.1) is 28.1 Å². The molecule has 19 rings (SSSR count). The number of hydrogen-bond acceptors (Lipinski definition) is 2. The van der Waals surface area contributed by atoms with Crippen molar-refractivity contribution < 1.29 is 0 Å². The van der Waals surface area contributed by atoms with Gasteiger partial charge in [0, 0.05) is 55.8 Å². The van der Waals surface area contributed by atoms with Crippen molar-refractivity contribution in [1.82, 2.24) is 4.57 Å². The van der Waals surface area contributed by atoms with Crippen LogP contribution in [0.25, 0.3) is 127 Å². The highest BCUT2D eigenvalue weighted by atomic mass is 15.2. The van der Waals surface area contributed by atoms with Gasteiger partial charge in [-0.1, -0.05) is 321 Å². The summed E-state index contributed by atoms with van der Waals surface area (Å²) in [6.45, 7) is 13.9. The molecule has 4 heteroatoms. The van der Waals surface area contributed by atoms with Gasteiger partial charge >= 0.3 is 0 Å². The Labute approximate surface area is 585 Å². The maximum atomic E-state index is 2.72. The van der Waals surface area contributed by atoms with Crippen LogP contribution in [0.15, 0.2) is 328 Å². The molecule has 0 unspecified atom stereocenters. The monoisotopic (exact) mass is 1280 g/mol. The standard InChI is InChI=1S/C96H72BN3/c1-95(2,3)71-52-68-46-47-69-53-72(96(4,5)6)58-81-80(55-70(54-71)90(68)91(69)81)67-48-50-82-87(57-67)100(94-76(64-34-18-10-19-35-64)42-27-43-77(94)65-36-20-11-21-37-65)89-60-73(98-84-44-24-22-38-78(84)79-39-23-25-45-85(79)98)59-88-92(89)97(82)83-56-66(61-28-12-7-13-29-61)49-51-86(83)99(88)93-74(62-30-14-8-15-31-62)40-26-41-75(93)63-32-16-9-17-33-63/h7-60H,1-6H3. The predicted molar refractivity (Wildman–Crippen MR) is 429 cm³/mol. The Kier molecular flexibility index (Phi) is 13.5. The van der Waals surface area contributed by atoms with E-state index in [0.717, 1.165) is 95.4 Å². The number of aromatic nitrogens is 1. The molecule has 474 valence electrons. The number of fused-ring (bicyclic) bond motifs is 7. The third kappa shape index (κ3) is 9.41. The largest absolute Gasteiger partial charge is 0.310 e. The van der Waals surface area contributed by atoms with Gasteiger partial charge < -0.3 is 14.4 Å². The molecule has 3 heterocycles. The molecule has 16 aromatic carbocycles. The quantitative estimate of drug-likeness (QED) is 0.105. The van der Waals surface area contributed by atoms with Crippen LogP contribution in [0.3, 0.4) is 0 Å². The Morgan fingerprint density at radius 2 is 0.690 bits per heavy atom. The van der Waals surface area contributed by atoms with Crippen molar-refractivity contribution in [3.63, 3.8) is 0 Å². The lowest BCUT2D eigenvalue weighted by Crippen LogP contribution is -2.61. The summed E-state index contributed by atoms with van der Waals surface area (Å²) < 4.78 is 2.54. The van der Waals surface area contributed by atoms with E-state index in [9.17, 15) is 0 Å². The molecular formula is C96H72BN3. The summed E-state index contributed by atoms with van der Waals surface area (Å²) in [5.74, 6) is 0. The van der Waals surface area contributed by atoms with E-state index in [0.29, 0.717) is 0 Å². The van der Waals surface area contributed by atoms with Crippen LogP contribution in [-0.2, 0) is 10.8 Å². The van der Waals surface area contributed by atoms with E-state index in [-0.39, 0.29) is 17.5 Å². The Hall–Kier alpha value is -12.0. The zero-order chi connectivity index (χ0) is 67.1. The summed E-state index contributed by atoms with van der Waals surface area (Å²) in [5, 5.41) is 10.2. The summed E-state index contributed by atoms with van der Waals surface area (Å²) in [7, 11) is 0. The molecule has 2 aliphatic heterocycles. The molecule has 0 fully saturated rings. The van der Waals surface area contributed by atoms with E-state index < -0.39 is 0 Å². The van der Waals surface area contributed by atoms with Gasteiger partial charge in [-0.2, -0.15) is 0 Å². The average Bonchev–Trinajstić information content (AvgIpc) is 0.719. The number of hydrogen-bond donors (Lipinski definition) is 0. The van der Waals surface area contributed by atoms with E-state index in [1.165, 1.54) is 92.9 Å². The van der Waals surface area contributed by atoms with Crippen LogP contribution in [0.4, 0.5) is 34.1 Å². The summed E-state index contributed by atoms with van der Waals surface area (Å²) in [6, 6.07) is 124. The Morgan fingerprint density at radius 3 is 1.19 bits per heavy atom. The van der Waals surface area contributed by atoms with Gasteiger partial charge in [0.25, 0.3) is 6.71 Å². The van der Waals surface area contributed by atoms with E-state index >= 15 is 0 Å². The number of anilines is 6. The van der Waals surface area contributed by atoms with Crippen molar-refractivity contribution in [2.24, 2.45) is 0 Å². The fraction of sp³-hybridized carbons (Fsp3) is 0.0833. The first-order valence-corrected chi connectivity index (χ1v) is 35.3. The molecule has 17 aromatic rings. The minimum atomic E-state index is -0.249. The maximum absolute atomic E-state index is 2.72. The average molecular weight is 1280 g/mol. The van der Waals surface area contributed by atoms with Gasteiger partial charge in [0.1, 0.15) is 0 Å². The first-order valence-electron chi connectivity index (χ1n) is 35.3. The highest BCUT2D eigenvalue weighted by Crippen LogP contribution is 2.55. The molecule has 0 N–H and O–H groups in total. The highest BCUT2D eigenvalue weighted by molar-refractivity contribution is 7.00. The fourth-order valence-electron chi connectivity index (χ4n) is 16.8. The van der Waals surface area contributed by atoms with E-state index in [1.54, 1.807) is 0 Å². The van der Waals surface area contributed by atoms with E-state index in [4.69, 9.17) is 0 Å². The summed E-state index contributed by atoms with van der Waals surface area (Å²) in [6.07, 6.45) is 0. The van der Waals surface area contributed by atoms with Gasteiger partial charge in [-0.15, -0.1) is 0 Å². The van der Waals surface area contributed by atoms with E-state index in [2.05, 4.69) is 383 Å². The van der Waals surface area contributed by atoms with Crippen LogP contribution in [0.2, 0.25) is 0 Å². The molecule has 0 bridgehead atoms. The van der Waals surface area contributed by atoms with Crippen LogP contribution in [-0.4, -0.2) is 11.3 Å².